The Balaban J connectivity index is 1.78. The second kappa shape index (κ2) is 6.99. The van der Waals surface area contributed by atoms with Crippen molar-refractivity contribution in [1.29, 1.82) is 5.26 Å². The highest BCUT2D eigenvalue weighted by molar-refractivity contribution is 6.33. The van der Waals surface area contributed by atoms with E-state index in [1.165, 1.54) is 6.20 Å². The maximum absolute atomic E-state index is 9.46. The zero-order valence-corrected chi connectivity index (χ0v) is 13.7. The van der Waals surface area contributed by atoms with Gasteiger partial charge in [-0.1, -0.05) is 11.6 Å². The van der Waals surface area contributed by atoms with Crippen molar-refractivity contribution >= 4 is 17.4 Å². The molecule has 24 heavy (non-hydrogen) atoms. The monoisotopic (exact) mass is 345 g/mol. The maximum atomic E-state index is 9.46. The van der Waals surface area contributed by atoms with Gasteiger partial charge in [-0.15, -0.1) is 5.10 Å². The van der Waals surface area contributed by atoms with Gasteiger partial charge in [0.05, 0.1) is 22.7 Å². The van der Waals surface area contributed by atoms with E-state index in [1.54, 1.807) is 18.3 Å². The Hall–Kier alpha value is -2.43. The number of hydrogen-bond acceptors (Lipinski definition) is 7. The van der Waals surface area contributed by atoms with Crippen LogP contribution >= 0.6 is 11.6 Å². The van der Waals surface area contributed by atoms with Crippen LogP contribution in [-0.2, 0) is 4.74 Å². The lowest BCUT2D eigenvalue weighted by molar-refractivity contribution is 0.0181. The Labute approximate surface area is 144 Å². The van der Waals surface area contributed by atoms with Gasteiger partial charge in [-0.05, 0) is 18.9 Å². The van der Waals surface area contributed by atoms with Crippen LogP contribution in [-0.4, -0.2) is 35.0 Å². The topological polar surface area (TPSA) is 107 Å². The van der Waals surface area contributed by atoms with E-state index in [4.69, 9.17) is 26.8 Å². The van der Waals surface area contributed by atoms with Crippen molar-refractivity contribution in [2.75, 3.05) is 25.6 Å². The van der Waals surface area contributed by atoms with Crippen molar-refractivity contribution in [3.63, 3.8) is 0 Å². The van der Waals surface area contributed by atoms with Crippen LogP contribution in [0.5, 0.6) is 5.88 Å². The Morgan fingerprint density at radius 3 is 2.88 bits per heavy atom. The minimum Gasteiger partial charge on any atom is -0.475 e. The van der Waals surface area contributed by atoms with Crippen LogP contribution in [0, 0.1) is 16.7 Å². The molecule has 8 heteroatoms. The van der Waals surface area contributed by atoms with E-state index in [0.29, 0.717) is 48.3 Å². The third kappa shape index (κ3) is 3.55. The van der Waals surface area contributed by atoms with Crippen LogP contribution < -0.4 is 10.5 Å². The Bertz CT molecular complexity index is 771. The van der Waals surface area contributed by atoms with Crippen molar-refractivity contribution < 1.29 is 9.47 Å². The molecule has 1 aliphatic heterocycles. The molecule has 3 heterocycles. The molecule has 0 radical (unpaired) electrons. The predicted octanol–water partition coefficient (Wildman–Crippen LogP) is 2.47. The van der Waals surface area contributed by atoms with Crippen molar-refractivity contribution in [3.8, 4) is 23.1 Å². The summed E-state index contributed by atoms with van der Waals surface area (Å²) < 4.78 is 11.0. The second-order valence-electron chi connectivity index (χ2n) is 5.66. The number of pyridine rings is 1. The fourth-order valence-electron chi connectivity index (χ4n) is 2.50. The Morgan fingerprint density at radius 2 is 2.12 bits per heavy atom. The quantitative estimate of drug-likeness (QED) is 0.906. The molecule has 1 aliphatic rings. The van der Waals surface area contributed by atoms with Crippen LogP contribution in [0.1, 0.15) is 12.8 Å². The third-order valence-electron chi connectivity index (χ3n) is 4.00. The van der Waals surface area contributed by atoms with Gasteiger partial charge < -0.3 is 15.2 Å². The molecule has 1 saturated heterocycles. The van der Waals surface area contributed by atoms with Crippen molar-refractivity contribution in [1.82, 2.24) is 15.2 Å². The van der Waals surface area contributed by atoms with Gasteiger partial charge in [-0.2, -0.15) is 10.4 Å². The average molecular weight is 346 g/mol. The van der Waals surface area contributed by atoms with Crippen LogP contribution in [0.25, 0.3) is 11.1 Å². The summed E-state index contributed by atoms with van der Waals surface area (Å²) in [6.07, 6.45) is 4.34. The lowest BCUT2D eigenvalue weighted by atomic mass is 9.83. The van der Waals surface area contributed by atoms with E-state index in [0.717, 1.165) is 5.56 Å². The number of nitriles is 1. The molecule has 0 spiro atoms. The molecule has 124 valence electrons. The first kappa shape index (κ1) is 16.4. The number of anilines is 1. The molecule has 0 aromatic carbocycles. The molecule has 2 aromatic heterocycles. The third-order valence-corrected chi connectivity index (χ3v) is 4.30. The van der Waals surface area contributed by atoms with Gasteiger partial charge in [0.15, 0.2) is 0 Å². The zero-order chi connectivity index (χ0) is 17.0. The fraction of sp³-hybridized carbons (Fsp3) is 0.375. The van der Waals surface area contributed by atoms with Gasteiger partial charge in [-0.3, -0.25) is 0 Å². The summed E-state index contributed by atoms with van der Waals surface area (Å²) in [7, 11) is 0. The highest BCUT2D eigenvalue weighted by Gasteiger charge is 2.33. The summed E-state index contributed by atoms with van der Waals surface area (Å²) in [5, 5.41) is 17.8. The van der Waals surface area contributed by atoms with Crippen LogP contribution in [0.15, 0.2) is 24.5 Å². The molecular formula is C16H16ClN5O2. The molecular weight excluding hydrogens is 330 g/mol. The normalized spacial score (nSPS) is 16.3. The number of ether oxygens (including phenoxy) is 2. The molecule has 1 fully saturated rings. The summed E-state index contributed by atoms with van der Waals surface area (Å²) >= 11 is 6.16. The minimum absolute atomic E-state index is 0.247. The molecule has 0 aliphatic carbocycles. The minimum atomic E-state index is -0.547. The standard InChI is InChI=1S/C16H16ClN5O2/c17-13-8-20-14(19)6-12(13)11-5-15(22-21-7-11)24-10-16(9-18)1-3-23-4-2-16/h5-8H,1-4,10H2,(H2,19,20). The van der Waals surface area contributed by atoms with Gasteiger partial charge in [-0.25, -0.2) is 4.98 Å². The van der Waals surface area contributed by atoms with Crippen molar-refractivity contribution in [2.24, 2.45) is 5.41 Å². The van der Waals surface area contributed by atoms with E-state index in [9.17, 15) is 5.26 Å². The summed E-state index contributed by atoms with van der Waals surface area (Å²) in [4.78, 5) is 3.94. The number of aromatic nitrogens is 3. The average Bonchev–Trinajstić information content (AvgIpc) is 2.63. The number of nitrogen functional groups attached to an aromatic ring is 1. The number of rotatable bonds is 4. The number of nitrogens with zero attached hydrogens (tertiary/aromatic N) is 4. The van der Waals surface area contributed by atoms with Gasteiger partial charge in [0.2, 0.25) is 5.88 Å². The first-order valence-corrected chi connectivity index (χ1v) is 7.86. The molecule has 0 amide bonds. The molecule has 7 nitrogen and oxygen atoms in total. The Kier molecular flexibility index (Phi) is 4.79. The van der Waals surface area contributed by atoms with Crippen molar-refractivity contribution in [3.05, 3.63) is 29.5 Å². The molecule has 2 aromatic rings. The van der Waals surface area contributed by atoms with E-state index < -0.39 is 5.41 Å². The predicted molar refractivity (Wildman–Crippen MR) is 88.3 cm³/mol. The van der Waals surface area contributed by atoms with Gasteiger partial charge in [0.1, 0.15) is 12.4 Å². The molecule has 0 atom stereocenters. The van der Waals surface area contributed by atoms with Gasteiger partial charge in [0.25, 0.3) is 0 Å². The second-order valence-corrected chi connectivity index (χ2v) is 6.07. The van der Waals surface area contributed by atoms with E-state index >= 15 is 0 Å². The van der Waals surface area contributed by atoms with E-state index in [1.807, 2.05) is 0 Å². The lowest BCUT2D eigenvalue weighted by Crippen LogP contribution is -2.34. The largest absolute Gasteiger partial charge is 0.475 e. The summed E-state index contributed by atoms with van der Waals surface area (Å²) in [5.74, 6) is 0.694. The molecule has 2 N–H and O–H groups in total. The number of nitrogens with two attached hydrogens (primary N) is 1. The van der Waals surface area contributed by atoms with Crippen molar-refractivity contribution in [2.45, 2.75) is 12.8 Å². The Morgan fingerprint density at radius 1 is 1.33 bits per heavy atom. The highest BCUT2D eigenvalue weighted by Crippen LogP contribution is 2.32. The maximum Gasteiger partial charge on any atom is 0.234 e. The van der Waals surface area contributed by atoms with Crippen LogP contribution in [0.3, 0.4) is 0 Å². The van der Waals surface area contributed by atoms with Gasteiger partial charge in [0, 0.05) is 36.6 Å². The number of halogens is 1. The molecule has 3 rings (SSSR count). The van der Waals surface area contributed by atoms with E-state index in [2.05, 4.69) is 21.3 Å². The zero-order valence-electron chi connectivity index (χ0n) is 12.9. The summed E-state index contributed by atoms with van der Waals surface area (Å²) in [6, 6.07) is 5.74. The smallest absolute Gasteiger partial charge is 0.234 e. The lowest BCUT2D eigenvalue weighted by Gasteiger charge is -2.29. The number of hydrogen-bond donors (Lipinski definition) is 1. The SMILES string of the molecule is N#CC1(COc2cc(-c3cc(N)ncc3Cl)cnn2)CCOCC1. The van der Waals surface area contributed by atoms with Crippen LogP contribution in [0.2, 0.25) is 5.02 Å². The molecule has 0 saturated carbocycles. The fourth-order valence-corrected chi connectivity index (χ4v) is 2.72. The molecule has 0 unspecified atom stereocenters. The summed E-state index contributed by atoms with van der Waals surface area (Å²) in [6.45, 7) is 1.38. The first-order chi connectivity index (χ1) is 11.6. The van der Waals surface area contributed by atoms with E-state index in [-0.39, 0.29) is 6.61 Å². The molecule has 0 bridgehead atoms. The summed E-state index contributed by atoms with van der Waals surface area (Å²) in [5.41, 5.74) is 6.58. The van der Waals surface area contributed by atoms with Crippen LogP contribution in [0.4, 0.5) is 5.82 Å². The van der Waals surface area contributed by atoms with Gasteiger partial charge >= 0.3 is 0 Å². The highest BCUT2D eigenvalue weighted by atomic mass is 35.5. The first-order valence-electron chi connectivity index (χ1n) is 7.48.